The summed E-state index contributed by atoms with van der Waals surface area (Å²) in [6.07, 6.45) is 1.76. The van der Waals surface area contributed by atoms with E-state index in [1.165, 1.54) is 11.3 Å². The predicted octanol–water partition coefficient (Wildman–Crippen LogP) is 2.59. The fourth-order valence-electron chi connectivity index (χ4n) is 4.07. The minimum Gasteiger partial charge on any atom is -0.371 e. The molecule has 0 bridgehead atoms. The van der Waals surface area contributed by atoms with Gasteiger partial charge in [0.15, 0.2) is 5.82 Å². The van der Waals surface area contributed by atoms with Crippen LogP contribution < -0.4 is 5.32 Å². The Morgan fingerprint density at radius 2 is 1.81 bits per heavy atom. The number of aryl methyl sites for hydroxylation is 1. The summed E-state index contributed by atoms with van der Waals surface area (Å²) in [6, 6.07) is 7.55. The number of piperazine rings is 1. The zero-order valence-electron chi connectivity index (χ0n) is 18.1. The lowest BCUT2D eigenvalue weighted by atomic mass is 10.1. The number of nitrogens with one attached hydrogen (secondary N) is 1. The Labute approximate surface area is 188 Å². The van der Waals surface area contributed by atoms with Gasteiger partial charge in [-0.15, -0.1) is 0 Å². The molecule has 1 aliphatic heterocycles. The van der Waals surface area contributed by atoms with E-state index in [1.54, 1.807) is 23.1 Å². The molecule has 0 unspecified atom stereocenters. The van der Waals surface area contributed by atoms with E-state index in [1.807, 2.05) is 42.9 Å². The van der Waals surface area contributed by atoms with E-state index < -0.39 is 0 Å². The molecular formula is C22H23N7O2S. The molecule has 4 aromatic rings. The van der Waals surface area contributed by atoms with Crippen LogP contribution in [0.25, 0.3) is 32.0 Å². The topological polar surface area (TPSA) is 96.2 Å². The normalized spacial score (nSPS) is 14.3. The highest BCUT2D eigenvalue weighted by Crippen LogP contribution is 2.35. The first-order valence-electron chi connectivity index (χ1n) is 10.4. The van der Waals surface area contributed by atoms with E-state index in [9.17, 15) is 9.59 Å². The van der Waals surface area contributed by atoms with Gasteiger partial charge in [-0.2, -0.15) is 0 Å². The van der Waals surface area contributed by atoms with Gasteiger partial charge in [-0.05, 0) is 12.1 Å². The maximum absolute atomic E-state index is 13.1. The van der Waals surface area contributed by atoms with E-state index in [4.69, 9.17) is 9.97 Å². The van der Waals surface area contributed by atoms with Gasteiger partial charge in [-0.3, -0.25) is 9.59 Å². The Morgan fingerprint density at radius 1 is 1.06 bits per heavy atom. The first kappa shape index (κ1) is 20.4. The number of fused-ring (bicyclic) bond motifs is 3. The number of benzene rings is 1. The van der Waals surface area contributed by atoms with E-state index in [-0.39, 0.29) is 11.8 Å². The summed E-state index contributed by atoms with van der Waals surface area (Å²) in [5.41, 5.74) is 4.01. The summed E-state index contributed by atoms with van der Waals surface area (Å²) in [5.74, 6) is 0.741. The number of carbonyl (C=O) groups is 2. The molecule has 0 spiro atoms. The van der Waals surface area contributed by atoms with Crippen molar-refractivity contribution in [3.8, 4) is 10.6 Å². The molecular weight excluding hydrogens is 426 g/mol. The Hall–Kier alpha value is -3.53. The molecule has 3 aromatic heterocycles. The maximum atomic E-state index is 13.1. The van der Waals surface area contributed by atoms with Crippen LogP contribution in [-0.2, 0) is 11.8 Å². The van der Waals surface area contributed by atoms with Gasteiger partial charge in [0.2, 0.25) is 5.91 Å². The molecule has 0 saturated carbocycles. The summed E-state index contributed by atoms with van der Waals surface area (Å²) in [4.78, 5) is 43.0. The summed E-state index contributed by atoms with van der Waals surface area (Å²) >= 11 is 1.49. The summed E-state index contributed by atoms with van der Waals surface area (Å²) in [6.45, 7) is 3.78. The number of imidazole rings is 1. The Kier molecular flexibility index (Phi) is 5.01. The zero-order chi connectivity index (χ0) is 22.4. The molecule has 1 aromatic carbocycles. The molecule has 9 nitrogen and oxygen atoms in total. The van der Waals surface area contributed by atoms with Crippen molar-refractivity contribution in [3.05, 3.63) is 36.2 Å². The van der Waals surface area contributed by atoms with Crippen molar-refractivity contribution in [1.29, 1.82) is 0 Å². The molecule has 0 atom stereocenters. The van der Waals surface area contributed by atoms with Crippen LogP contribution in [0.5, 0.6) is 0 Å². The molecule has 1 saturated heterocycles. The van der Waals surface area contributed by atoms with Crippen LogP contribution in [0.2, 0.25) is 0 Å². The number of nitrogens with zero attached hydrogens (tertiary/aromatic N) is 6. The lowest BCUT2D eigenvalue weighted by Crippen LogP contribution is -2.50. The standard InChI is InChI=1S/C22H23N7O2S/c1-13(30)28-7-9-29(10-8-28)22(31)15-6-4-5-14(11-15)20-25-17-18-16(24-12-27(18)3)19(23-2)26-21(17)32-20/h4-6,11-12H,7-10H2,1-3H3,(H,23,26). The van der Waals surface area contributed by atoms with Crippen LogP contribution >= 0.6 is 11.3 Å². The van der Waals surface area contributed by atoms with Crippen molar-refractivity contribution in [2.24, 2.45) is 7.05 Å². The Balaban J connectivity index is 1.48. The fraction of sp³-hybridized carbons (Fsp3) is 0.318. The monoisotopic (exact) mass is 449 g/mol. The van der Waals surface area contributed by atoms with Gasteiger partial charge in [0.25, 0.3) is 5.91 Å². The number of hydrogen-bond donors (Lipinski definition) is 1. The van der Waals surface area contributed by atoms with Crippen molar-refractivity contribution >= 4 is 50.3 Å². The molecule has 1 aliphatic rings. The zero-order valence-corrected chi connectivity index (χ0v) is 18.9. The maximum Gasteiger partial charge on any atom is 0.253 e. The number of pyridine rings is 1. The van der Waals surface area contributed by atoms with Gasteiger partial charge in [0.1, 0.15) is 26.4 Å². The lowest BCUT2D eigenvalue weighted by molar-refractivity contribution is -0.130. The third-order valence-corrected chi connectivity index (χ3v) is 6.81. The summed E-state index contributed by atoms with van der Waals surface area (Å²) in [7, 11) is 3.77. The molecule has 4 heterocycles. The van der Waals surface area contributed by atoms with Gasteiger partial charge in [-0.1, -0.05) is 23.5 Å². The molecule has 5 rings (SSSR count). The summed E-state index contributed by atoms with van der Waals surface area (Å²) in [5, 5.41) is 3.92. The third-order valence-electron chi connectivity index (χ3n) is 5.81. The highest BCUT2D eigenvalue weighted by Gasteiger charge is 2.24. The Morgan fingerprint density at radius 3 is 2.53 bits per heavy atom. The van der Waals surface area contributed by atoms with Crippen molar-refractivity contribution < 1.29 is 9.59 Å². The second-order valence-electron chi connectivity index (χ2n) is 7.81. The highest BCUT2D eigenvalue weighted by molar-refractivity contribution is 7.21. The van der Waals surface area contributed by atoms with E-state index in [2.05, 4.69) is 10.3 Å². The molecule has 0 aliphatic carbocycles. The average molecular weight is 450 g/mol. The number of aromatic nitrogens is 4. The number of amides is 2. The van der Waals surface area contributed by atoms with Crippen LogP contribution in [0.1, 0.15) is 17.3 Å². The molecule has 32 heavy (non-hydrogen) atoms. The number of carbonyl (C=O) groups excluding carboxylic acids is 2. The van der Waals surface area contributed by atoms with Crippen molar-refractivity contribution in [2.75, 3.05) is 38.5 Å². The molecule has 1 N–H and O–H groups in total. The Bertz CT molecular complexity index is 1350. The van der Waals surface area contributed by atoms with Gasteiger partial charge in [0, 0.05) is 58.3 Å². The lowest BCUT2D eigenvalue weighted by Gasteiger charge is -2.34. The minimum absolute atomic E-state index is 0.0271. The van der Waals surface area contributed by atoms with Crippen LogP contribution in [0.4, 0.5) is 5.82 Å². The fourth-order valence-corrected chi connectivity index (χ4v) is 5.01. The molecule has 10 heteroatoms. The highest BCUT2D eigenvalue weighted by atomic mass is 32.1. The first-order valence-corrected chi connectivity index (χ1v) is 11.2. The molecule has 1 fully saturated rings. The SMILES string of the molecule is CNc1nc2sc(-c3cccc(C(=O)N4CCN(C(C)=O)CC4)c3)nc2c2c1ncn2C. The summed E-state index contributed by atoms with van der Waals surface area (Å²) < 4.78 is 1.95. The number of thiazole rings is 1. The second-order valence-corrected chi connectivity index (χ2v) is 8.79. The van der Waals surface area contributed by atoms with Gasteiger partial charge >= 0.3 is 0 Å². The van der Waals surface area contributed by atoms with Crippen LogP contribution in [-0.4, -0.2) is 74.4 Å². The van der Waals surface area contributed by atoms with E-state index in [0.29, 0.717) is 31.7 Å². The smallest absolute Gasteiger partial charge is 0.253 e. The van der Waals surface area contributed by atoms with Gasteiger partial charge in [-0.25, -0.2) is 15.0 Å². The van der Waals surface area contributed by atoms with Crippen LogP contribution in [0.3, 0.4) is 0 Å². The molecule has 0 radical (unpaired) electrons. The molecule has 164 valence electrons. The number of anilines is 1. The average Bonchev–Trinajstić information content (AvgIpc) is 3.41. The number of rotatable bonds is 3. The van der Waals surface area contributed by atoms with Gasteiger partial charge < -0.3 is 19.7 Å². The van der Waals surface area contributed by atoms with E-state index >= 15 is 0 Å². The molecule has 2 amide bonds. The predicted molar refractivity (Wildman–Crippen MR) is 125 cm³/mol. The van der Waals surface area contributed by atoms with Gasteiger partial charge in [0.05, 0.1) is 6.33 Å². The largest absolute Gasteiger partial charge is 0.371 e. The van der Waals surface area contributed by atoms with Crippen molar-refractivity contribution in [3.63, 3.8) is 0 Å². The second kappa shape index (κ2) is 7.86. The van der Waals surface area contributed by atoms with Crippen molar-refractivity contribution in [2.45, 2.75) is 6.92 Å². The van der Waals surface area contributed by atoms with Crippen molar-refractivity contribution in [1.82, 2.24) is 29.3 Å². The van der Waals surface area contributed by atoms with Crippen LogP contribution in [0, 0.1) is 0 Å². The van der Waals surface area contributed by atoms with Crippen LogP contribution in [0.15, 0.2) is 30.6 Å². The minimum atomic E-state index is -0.0271. The number of hydrogen-bond acceptors (Lipinski definition) is 7. The first-order chi connectivity index (χ1) is 15.5. The third kappa shape index (κ3) is 3.36. The van der Waals surface area contributed by atoms with E-state index in [0.717, 1.165) is 37.8 Å². The quantitative estimate of drug-likeness (QED) is 0.517.